The molecule has 1 aliphatic rings. The summed E-state index contributed by atoms with van der Waals surface area (Å²) in [6, 6.07) is 15.3. The molecular weight excluding hydrogens is 411 g/mol. The Morgan fingerprint density at radius 1 is 1.14 bits per heavy atom. The smallest absolute Gasteiger partial charge is 0.270 e. The molecule has 8 heteroatoms. The predicted molar refractivity (Wildman–Crippen MR) is 113 cm³/mol. The number of aryl methyl sites for hydroxylation is 1. The van der Waals surface area contributed by atoms with Crippen molar-refractivity contribution in [1.82, 2.24) is 0 Å². The molecule has 1 aliphatic heterocycles. The molecule has 4 rings (SSSR count). The summed E-state index contributed by atoms with van der Waals surface area (Å²) >= 11 is 1.19. The average molecular weight is 429 g/mol. The van der Waals surface area contributed by atoms with Crippen LogP contribution in [-0.4, -0.2) is 14.2 Å². The second-order valence-electron chi connectivity index (χ2n) is 6.58. The van der Waals surface area contributed by atoms with Gasteiger partial charge in [0.25, 0.3) is 10.0 Å². The first-order chi connectivity index (χ1) is 13.9. The zero-order chi connectivity index (χ0) is 20.6. The van der Waals surface area contributed by atoms with Crippen molar-refractivity contribution < 1.29 is 17.6 Å². The van der Waals surface area contributed by atoms with Gasteiger partial charge in [-0.25, -0.2) is 12.8 Å². The molecule has 0 bridgehead atoms. The molecule has 0 saturated heterocycles. The van der Waals surface area contributed by atoms with Gasteiger partial charge in [0.15, 0.2) is 4.91 Å². The molecule has 1 N–H and O–H groups in total. The highest BCUT2D eigenvalue weighted by atomic mass is 32.2. The van der Waals surface area contributed by atoms with Crippen molar-refractivity contribution >= 4 is 38.5 Å². The maximum atomic E-state index is 13.8. The molecule has 148 valence electrons. The third kappa shape index (κ3) is 3.56. The van der Waals surface area contributed by atoms with Crippen LogP contribution in [0.2, 0.25) is 0 Å². The van der Waals surface area contributed by atoms with Gasteiger partial charge in [-0.2, -0.15) is 0 Å². The SMILES string of the molecule is Cc1ccc(N/C=C2\C(=O)c3sccc3N(Cc3ccccc3)S2(=O)=O)cc1F. The van der Waals surface area contributed by atoms with Gasteiger partial charge in [-0.1, -0.05) is 36.4 Å². The third-order valence-corrected chi connectivity index (χ3v) is 7.29. The Balaban J connectivity index is 1.74. The Labute approximate surface area is 172 Å². The van der Waals surface area contributed by atoms with Crippen molar-refractivity contribution in [2.45, 2.75) is 13.5 Å². The van der Waals surface area contributed by atoms with Gasteiger partial charge in [-0.3, -0.25) is 9.10 Å². The maximum Gasteiger partial charge on any atom is 0.270 e. The van der Waals surface area contributed by atoms with Crippen LogP contribution in [0.25, 0.3) is 0 Å². The summed E-state index contributed by atoms with van der Waals surface area (Å²) in [6.07, 6.45) is 1.14. The molecule has 5 nitrogen and oxygen atoms in total. The number of carbonyl (C=O) groups is 1. The van der Waals surface area contributed by atoms with Gasteiger partial charge in [0.2, 0.25) is 5.78 Å². The van der Waals surface area contributed by atoms with E-state index in [1.165, 1.54) is 21.7 Å². The second kappa shape index (κ2) is 7.46. The standard InChI is InChI=1S/C21H17FN2O3S2/c1-14-7-8-16(11-17(14)22)23-12-19-20(25)21-18(9-10-28-21)24(29(19,26)27)13-15-5-3-2-4-6-15/h2-12,23H,13H2,1H3/b19-12+. The van der Waals surface area contributed by atoms with Crippen LogP contribution in [0, 0.1) is 12.7 Å². The monoisotopic (exact) mass is 428 g/mol. The van der Waals surface area contributed by atoms with Crippen molar-refractivity contribution in [3.63, 3.8) is 0 Å². The van der Waals surface area contributed by atoms with Gasteiger partial charge in [0.1, 0.15) is 10.7 Å². The minimum atomic E-state index is -4.09. The van der Waals surface area contributed by atoms with Crippen LogP contribution >= 0.6 is 11.3 Å². The molecule has 0 saturated carbocycles. The third-order valence-electron chi connectivity index (χ3n) is 4.62. The zero-order valence-corrected chi connectivity index (χ0v) is 17.1. The minimum absolute atomic E-state index is 0.108. The summed E-state index contributed by atoms with van der Waals surface area (Å²) in [5.41, 5.74) is 2.01. The van der Waals surface area contributed by atoms with Crippen molar-refractivity contribution in [2.75, 3.05) is 9.62 Å². The maximum absolute atomic E-state index is 13.8. The highest BCUT2D eigenvalue weighted by Gasteiger charge is 2.41. The summed E-state index contributed by atoms with van der Waals surface area (Å²) in [4.78, 5) is 12.8. The van der Waals surface area contributed by atoms with E-state index in [9.17, 15) is 17.6 Å². The molecule has 1 aromatic heterocycles. The molecule has 0 fully saturated rings. The lowest BCUT2D eigenvalue weighted by Gasteiger charge is -2.29. The summed E-state index contributed by atoms with van der Waals surface area (Å²) in [6.45, 7) is 1.74. The number of anilines is 2. The molecule has 0 radical (unpaired) electrons. The van der Waals surface area contributed by atoms with E-state index in [0.717, 1.165) is 11.8 Å². The fraction of sp³-hybridized carbons (Fsp3) is 0.0952. The molecule has 0 unspecified atom stereocenters. The molecule has 29 heavy (non-hydrogen) atoms. The van der Waals surface area contributed by atoms with Crippen LogP contribution < -0.4 is 9.62 Å². The topological polar surface area (TPSA) is 66.5 Å². The molecule has 0 atom stereocenters. The van der Waals surface area contributed by atoms with Crippen molar-refractivity contribution in [2.24, 2.45) is 0 Å². The molecule has 3 aromatic rings. The Kier molecular flexibility index (Phi) is 4.97. The number of Topliss-reactive ketones (excluding diaryl/α,β-unsaturated/α-hetero) is 1. The number of benzene rings is 2. The van der Waals surface area contributed by atoms with Gasteiger partial charge in [0.05, 0.1) is 12.2 Å². The first kappa shape index (κ1) is 19.4. The quantitative estimate of drug-likeness (QED) is 0.613. The number of carbonyl (C=O) groups excluding carboxylic acids is 1. The number of hydrogen-bond donors (Lipinski definition) is 1. The molecule has 0 spiro atoms. The predicted octanol–water partition coefficient (Wildman–Crippen LogP) is 4.68. The summed E-state index contributed by atoms with van der Waals surface area (Å²) in [5.74, 6) is -0.989. The van der Waals surface area contributed by atoms with Crippen LogP contribution in [0.4, 0.5) is 15.8 Å². The number of halogens is 1. The Bertz CT molecular complexity index is 1220. The fourth-order valence-electron chi connectivity index (χ4n) is 3.04. The van der Waals surface area contributed by atoms with Gasteiger partial charge >= 0.3 is 0 Å². The van der Waals surface area contributed by atoms with E-state index in [1.54, 1.807) is 30.5 Å². The van der Waals surface area contributed by atoms with Crippen molar-refractivity contribution in [3.8, 4) is 0 Å². The minimum Gasteiger partial charge on any atom is -0.360 e. The van der Waals surface area contributed by atoms with Crippen LogP contribution in [0.1, 0.15) is 20.8 Å². The summed E-state index contributed by atoms with van der Waals surface area (Å²) in [7, 11) is -4.09. The lowest BCUT2D eigenvalue weighted by atomic mass is 10.2. The number of rotatable bonds is 4. The van der Waals surface area contributed by atoms with Crippen LogP contribution in [0.3, 0.4) is 0 Å². The number of sulfonamides is 1. The van der Waals surface area contributed by atoms with E-state index in [0.29, 0.717) is 21.8 Å². The van der Waals surface area contributed by atoms with Crippen molar-refractivity contribution in [3.05, 3.63) is 92.9 Å². The first-order valence-corrected chi connectivity index (χ1v) is 11.1. The van der Waals surface area contributed by atoms with E-state index in [4.69, 9.17) is 0 Å². The zero-order valence-electron chi connectivity index (χ0n) is 15.4. The van der Waals surface area contributed by atoms with Gasteiger partial charge < -0.3 is 5.32 Å². The van der Waals surface area contributed by atoms with Crippen LogP contribution in [-0.2, 0) is 16.6 Å². The first-order valence-electron chi connectivity index (χ1n) is 8.79. The van der Waals surface area contributed by atoms with Crippen LogP contribution in [0.5, 0.6) is 0 Å². The van der Waals surface area contributed by atoms with E-state index in [2.05, 4.69) is 5.32 Å². The van der Waals surface area contributed by atoms with E-state index >= 15 is 0 Å². The number of ketones is 1. The Morgan fingerprint density at radius 2 is 1.90 bits per heavy atom. The summed E-state index contributed by atoms with van der Waals surface area (Å²) in [5, 5.41) is 4.45. The number of fused-ring (bicyclic) bond motifs is 1. The second-order valence-corrected chi connectivity index (χ2v) is 9.33. The van der Waals surface area contributed by atoms with Gasteiger partial charge in [0, 0.05) is 11.9 Å². The molecule has 0 aliphatic carbocycles. The Morgan fingerprint density at radius 3 is 2.62 bits per heavy atom. The normalized spacial score (nSPS) is 16.7. The number of allylic oxidation sites excluding steroid dienone is 1. The highest BCUT2D eigenvalue weighted by molar-refractivity contribution is 7.97. The number of nitrogens with zero attached hydrogens (tertiary/aromatic N) is 1. The molecule has 2 aromatic carbocycles. The number of nitrogens with one attached hydrogen (secondary N) is 1. The largest absolute Gasteiger partial charge is 0.360 e. The van der Waals surface area contributed by atoms with Crippen LogP contribution in [0.15, 0.2) is 71.1 Å². The van der Waals surface area contributed by atoms with Gasteiger partial charge in [-0.15, -0.1) is 11.3 Å². The van der Waals surface area contributed by atoms with E-state index in [-0.39, 0.29) is 11.4 Å². The Hall–Kier alpha value is -2.97. The molecule has 0 amide bonds. The van der Waals surface area contributed by atoms with E-state index < -0.39 is 21.6 Å². The fourth-order valence-corrected chi connectivity index (χ4v) is 5.52. The lowest BCUT2D eigenvalue weighted by Crippen LogP contribution is -2.38. The number of hydrogen-bond acceptors (Lipinski definition) is 5. The number of thiophene rings is 1. The molecular formula is C21H17FN2O3S2. The lowest BCUT2D eigenvalue weighted by molar-refractivity contribution is 0.104. The van der Waals surface area contributed by atoms with Crippen molar-refractivity contribution in [1.29, 1.82) is 0 Å². The van der Waals surface area contributed by atoms with Gasteiger partial charge in [-0.05, 0) is 41.6 Å². The van der Waals surface area contributed by atoms with E-state index in [1.807, 2.05) is 30.3 Å². The highest BCUT2D eigenvalue weighted by Crippen LogP contribution is 2.39. The summed E-state index contributed by atoms with van der Waals surface area (Å²) < 4.78 is 41.5. The average Bonchev–Trinajstić information content (AvgIpc) is 3.18. The molecule has 2 heterocycles.